The van der Waals surface area contributed by atoms with Gasteiger partial charge in [0.2, 0.25) is 0 Å². The van der Waals surface area contributed by atoms with Crippen molar-refractivity contribution in [3.05, 3.63) is 0 Å². The Morgan fingerprint density at radius 3 is 2.11 bits per heavy atom. The standard InChI is InChI=1S/C17H36N2/c1-8-17(5,6)19(7)15-11-14(16(2,3)4)10-9-13(15)12-18/h13-15H,8-12,18H2,1-7H3. The highest BCUT2D eigenvalue weighted by atomic mass is 15.2. The molecule has 3 atom stereocenters. The Hall–Kier alpha value is -0.0800. The minimum atomic E-state index is 0.276. The maximum atomic E-state index is 6.04. The van der Waals surface area contributed by atoms with Gasteiger partial charge in [-0.25, -0.2) is 0 Å². The van der Waals surface area contributed by atoms with Gasteiger partial charge in [-0.2, -0.15) is 0 Å². The van der Waals surface area contributed by atoms with Crippen molar-refractivity contribution in [2.45, 2.75) is 78.8 Å². The summed E-state index contributed by atoms with van der Waals surface area (Å²) < 4.78 is 0. The van der Waals surface area contributed by atoms with Gasteiger partial charge in [-0.05, 0) is 70.4 Å². The predicted molar refractivity (Wildman–Crippen MR) is 85.3 cm³/mol. The van der Waals surface area contributed by atoms with Crippen molar-refractivity contribution < 1.29 is 0 Å². The van der Waals surface area contributed by atoms with Crippen LogP contribution in [-0.4, -0.2) is 30.1 Å². The van der Waals surface area contributed by atoms with Crippen LogP contribution in [0.4, 0.5) is 0 Å². The highest BCUT2D eigenvalue weighted by Crippen LogP contribution is 2.42. The molecule has 3 unspecified atom stereocenters. The molecule has 1 aliphatic carbocycles. The van der Waals surface area contributed by atoms with Gasteiger partial charge < -0.3 is 5.73 Å². The SMILES string of the molecule is CCC(C)(C)N(C)C1CC(C(C)(C)C)CCC1CN. The van der Waals surface area contributed by atoms with Crippen molar-refractivity contribution in [2.75, 3.05) is 13.6 Å². The number of hydrogen-bond donors (Lipinski definition) is 1. The van der Waals surface area contributed by atoms with Gasteiger partial charge in [0.1, 0.15) is 0 Å². The van der Waals surface area contributed by atoms with Crippen LogP contribution in [0.15, 0.2) is 0 Å². The minimum Gasteiger partial charge on any atom is -0.330 e. The van der Waals surface area contributed by atoms with Crippen molar-refractivity contribution in [1.82, 2.24) is 4.90 Å². The second-order valence-corrected chi connectivity index (χ2v) is 8.22. The lowest BCUT2D eigenvalue weighted by molar-refractivity contribution is 0.00576. The average Bonchev–Trinajstić information content (AvgIpc) is 2.35. The van der Waals surface area contributed by atoms with Crippen LogP contribution in [0.25, 0.3) is 0 Å². The van der Waals surface area contributed by atoms with Crippen LogP contribution in [0, 0.1) is 17.3 Å². The summed E-state index contributed by atoms with van der Waals surface area (Å²) in [4.78, 5) is 2.61. The third-order valence-electron chi connectivity index (χ3n) is 5.80. The summed E-state index contributed by atoms with van der Waals surface area (Å²) >= 11 is 0. The molecule has 1 rings (SSSR count). The number of rotatable bonds is 4. The number of nitrogens with zero attached hydrogens (tertiary/aromatic N) is 1. The van der Waals surface area contributed by atoms with Gasteiger partial charge in [-0.15, -0.1) is 0 Å². The Bertz CT molecular complexity index is 277. The lowest BCUT2D eigenvalue weighted by Gasteiger charge is -2.49. The molecule has 0 aromatic rings. The van der Waals surface area contributed by atoms with Crippen molar-refractivity contribution in [2.24, 2.45) is 23.0 Å². The summed E-state index contributed by atoms with van der Waals surface area (Å²) in [5, 5.41) is 0. The van der Waals surface area contributed by atoms with Crippen LogP contribution in [0.5, 0.6) is 0 Å². The van der Waals surface area contributed by atoms with E-state index in [1.807, 2.05) is 0 Å². The van der Waals surface area contributed by atoms with E-state index in [2.05, 4.69) is 53.5 Å². The molecule has 0 aromatic carbocycles. The zero-order valence-electron chi connectivity index (χ0n) is 14.3. The van der Waals surface area contributed by atoms with E-state index in [1.165, 1.54) is 25.7 Å². The van der Waals surface area contributed by atoms with Crippen LogP contribution in [0.2, 0.25) is 0 Å². The molecule has 0 saturated heterocycles. The molecule has 2 N–H and O–H groups in total. The Morgan fingerprint density at radius 2 is 1.68 bits per heavy atom. The highest BCUT2D eigenvalue weighted by Gasteiger charge is 2.40. The summed E-state index contributed by atoms with van der Waals surface area (Å²) in [5.74, 6) is 1.50. The first-order valence-corrected chi connectivity index (χ1v) is 8.06. The smallest absolute Gasteiger partial charge is 0.0150 e. The predicted octanol–water partition coefficient (Wildman–Crippen LogP) is 3.90. The third-order valence-corrected chi connectivity index (χ3v) is 5.80. The molecular formula is C17H36N2. The number of nitrogens with two attached hydrogens (primary N) is 1. The molecular weight excluding hydrogens is 232 g/mol. The van der Waals surface area contributed by atoms with Crippen LogP contribution in [-0.2, 0) is 0 Å². The number of hydrogen-bond acceptors (Lipinski definition) is 2. The van der Waals surface area contributed by atoms with Gasteiger partial charge in [0.05, 0.1) is 0 Å². The second kappa shape index (κ2) is 6.13. The highest BCUT2D eigenvalue weighted by molar-refractivity contribution is 4.94. The van der Waals surface area contributed by atoms with Gasteiger partial charge in [0.15, 0.2) is 0 Å². The van der Waals surface area contributed by atoms with E-state index in [9.17, 15) is 0 Å². The molecule has 2 nitrogen and oxygen atoms in total. The monoisotopic (exact) mass is 268 g/mol. The maximum absolute atomic E-state index is 6.04. The minimum absolute atomic E-state index is 0.276. The fraction of sp³-hybridized carbons (Fsp3) is 1.00. The van der Waals surface area contributed by atoms with Crippen LogP contribution in [0.3, 0.4) is 0 Å². The van der Waals surface area contributed by atoms with E-state index >= 15 is 0 Å². The molecule has 19 heavy (non-hydrogen) atoms. The van der Waals surface area contributed by atoms with E-state index in [1.54, 1.807) is 0 Å². The molecule has 114 valence electrons. The molecule has 0 aromatic heterocycles. The molecule has 0 aliphatic heterocycles. The Morgan fingerprint density at radius 1 is 1.11 bits per heavy atom. The Labute approximate surface area is 121 Å². The molecule has 0 heterocycles. The largest absolute Gasteiger partial charge is 0.330 e. The maximum Gasteiger partial charge on any atom is 0.0150 e. The van der Waals surface area contributed by atoms with Gasteiger partial charge in [-0.1, -0.05) is 27.7 Å². The summed E-state index contributed by atoms with van der Waals surface area (Å²) in [6, 6.07) is 0.651. The Balaban J connectivity index is 2.86. The van der Waals surface area contributed by atoms with E-state index in [0.717, 1.165) is 12.5 Å². The molecule has 1 fully saturated rings. The summed E-state index contributed by atoms with van der Waals surface area (Å²) in [5.41, 5.74) is 6.75. The van der Waals surface area contributed by atoms with E-state index in [4.69, 9.17) is 5.73 Å². The summed E-state index contributed by atoms with van der Waals surface area (Å²) in [6.07, 6.45) is 5.15. The average molecular weight is 268 g/mol. The quantitative estimate of drug-likeness (QED) is 0.838. The first-order valence-electron chi connectivity index (χ1n) is 8.06. The first kappa shape index (κ1) is 17.0. The van der Waals surface area contributed by atoms with Gasteiger partial charge in [0.25, 0.3) is 0 Å². The molecule has 0 spiro atoms. The summed E-state index contributed by atoms with van der Waals surface area (Å²) in [6.45, 7) is 15.0. The van der Waals surface area contributed by atoms with E-state index in [-0.39, 0.29) is 5.54 Å². The Kier molecular flexibility index (Phi) is 5.48. The van der Waals surface area contributed by atoms with Crippen molar-refractivity contribution >= 4 is 0 Å². The third kappa shape index (κ3) is 3.95. The lowest BCUT2D eigenvalue weighted by atomic mass is 9.67. The molecule has 1 saturated carbocycles. The summed E-state index contributed by atoms with van der Waals surface area (Å²) in [7, 11) is 2.31. The fourth-order valence-electron chi connectivity index (χ4n) is 3.44. The zero-order chi connectivity index (χ0) is 14.8. The van der Waals surface area contributed by atoms with E-state index in [0.29, 0.717) is 17.4 Å². The lowest BCUT2D eigenvalue weighted by Crippen LogP contribution is -2.54. The van der Waals surface area contributed by atoms with Crippen molar-refractivity contribution in [1.29, 1.82) is 0 Å². The topological polar surface area (TPSA) is 29.3 Å². The zero-order valence-corrected chi connectivity index (χ0v) is 14.3. The molecule has 0 radical (unpaired) electrons. The van der Waals surface area contributed by atoms with Crippen molar-refractivity contribution in [3.8, 4) is 0 Å². The van der Waals surface area contributed by atoms with E-state index < -0.39 is 0 Å². The first-order chi connectivity index (χ1) is 8.63. The van der Waals surface area contributed by atoms with Crippen LogP contribution in [0.1, 0.15) is 67.2 Å². The van der Waals surface area contributed by atoms with Crippen molar-refractivity contribution in [3.63, 3.8) is 0 Å². The van der Waals surface area contributed by atoms with Crippen LogP contribution >= 0.6 is 0 Å². The second-order valence-electron chi connectivity index (χ2n) is 8.22. The molecule has 1 aliphatic rings. The molecule has 2 heteroatoms. The molecule has 0 amide bonds. The van der Waals surface area contributed by atoms with Crippen LogP contribution < -0.4 is 5.73 Å². The van der Waals surface area contributed by atoms with Gasteiger partial charge in [-0.3, -0.25) is 4.90 Å². The molecule has 0 bridgehead atoms. The normalized spacial score (nSPS) is 29.8. The van der Waals surface area contributed by atoms with Gasteiger partial charge in [0, 0.05) is 11.6 Å². The van der Waals surface area contributed by atoms with Gasteiger partial charge >= 0.3 is 0 Å². The fourth-order valence-corrected chi connectivity index (χ4v) is 3.44.